The average molecular weight is 545 g/mol. The summed E-state index contributed by atoms with van der Waals surface area (Å²) in [6, 6.07) is 13.0. The van der Waals surface area contributed by atoms with Crippen molar-refractivity contribution >= 4 is 34.8 Å². The lowest BCUT2D eigenvalue weighted by molar-refractivity contribution is -0.135. The molecule has 0 unspecified atom stereocenters. The number of methoxy groups -OCH3 is 1. The third-order valence-corrected chi connectivity index (χ3v) is 7.87. The maximum absolute atomic E-state index is 14.4. The van der Waals surface area contributed by atoms with E-state index in [1.54, 1.807) is 35.5 Å². The second-order valence-electron chi connectivity index (χ2n) is 8.93. The van der Waals surface area contributed by atoms with Crippen molar-refractivity contribution in [1.29, 1.82) is 0 Å². The van der Waals surface area contributed by atoms with Crippen LogP contribution in [0.15, 0.2) is 53.9 Å². The van der Waals surface area contributed by atoms with Crippen LogP contribution in [-0.2, 0) is 16.0 Å². The van der Waals surface area contributed by atoms with Crippen molar-refractivity contribution in [1.82, 2.24) is 9.80 Å². The van der Waals surface area contributed by atoms with E-state index in [-0.39, 0.29) is 37.2 Å². The van der Waals surface area contributed by atoms with Gasteiger partial charge in [0.25, 0.3) is 5.91 Å². The van der Waals surface area contributed by atoms with E-state index in [1.165, 1.54) is 28.0 Å². The lowest BCUT2D eigenvalue weighted by Gasteiger charge is -2.37. The maximum atomic E-state index is 14.4. The summed E-state index contributed by atoms with van der Waals surface area (Å²) in [5, 5.41) is 2.69. The Labute approximate surface area is 225 Å². The molecule has 1 aliphatic rings. The first-order valence-corrected chi connectivity index (χ1v) is 13.4. The molecular formula is C28H30ClFN2O4S. The van der Waals surface area contributed by atoms with Gasteiger partial charge in [0, 0.05) is 36.7 Å². The molecule has 3 aromatic rings. The Balaban J connectivity index is 1.53. The number of hydrogen-bond acceptors (Lipinski definition) is 5. The number of ether oxygens (including phenoxy) is 2. The number of carbonyl (C=O) groups excluding carboxylic acids is 2. The summed E-state index contributed by atoms with van der Waals surface area (Å²) in [7, 11) is 1.58. The minimum absolute atomic E-state index is 0.0514. The van der Waals surface area contributed by atoms with Crippen molar-refractivity contribution in [3.63, 3.8) is 0 Å². The Morgan fingerprint density at radius 2 is 2.03 bits per heavy atom. The Kier molecular flexibility index (Phi) is 9.18. The van der Waals surface area contributed by atoms with Gasteiger partial charge >= 0.3 is 0 Å². The molecule has 1 aromatic heterocycles. The number of fused-ring (bicyclic) bond motifs is 1. The van der Waals surface area contributed by atoms with Crippen molar-refractivity contribution in [3.8, 4) is 5.75 Å². The van der Waals surface area contributed by atoms with Gasteiger partial charge in [0.15, 0.2) is 0 Å². The number of halogens is 2. The fraction of sp³-hybridized carbons (Fsp3) is 0.357. The summed E-state index contributed by atoms with van der Waals surface area (Å²) in [5.74, 6) is -0.658. The number of rotatable bonds is 10. The van der Waals surface area contributed by atoms with E-state index < -0.39 is 11.7 Å². The van der Waals surface area contributed by atoms with Gasteiger partial charge < -0.3 is 19.3 Å². The molecule has 2 heterocycles. The molecule has 0 saturated heterocycles. The molecule has 37 heavy (non-hydrogen) atoms. The largest absolute Gasteiger partial charge is 0.491 e. The van der Waals surface area contributed by atoms with Crippen LogP contribution in [0.4, 0.5) is 4.39 Å². The van der Waals surface area contributed by atoms with E-state index >= 15 is 0 Å². The van der Waals surface area contributed by atoms with Gasteiger partial charge in [-0.1, -0.05) is 23.7 Å². The summed E-state index contributed by atoms with van der Waals surface area (Å²) < 4.78 is 25.6. The number of carbonyl (C=O) groups is 2. The van der Waals surface area contributed by atoms with Crippen molar-refractivity contribution in [2.24, 2.45) is 0 Å². The molecule has 2 amide bonds. The minimum Gasteiger partial charge on any atom is -0.491 e. The molecule has 0 spiro atoms. The van der Waals surface area contributed by atoms with Crippen molar-refractivity contribution in [2.45, 2.75) is 25.8 Å². The standard InChI is InChI=1S/C28H30ClFN2O4S/c1-19-16-20(8-9-23(19)29)36-18-25-22-11-15-37-26(22)10-13-32(25)27(33)17-31(12-5-14-35-2)28(34)21-6-3-4-7-24(21)30/h3-4,6-9,11,15-16,25H,5,10,12-14,17-18H2,1-2H3/t25-/m1/s1. The molecule has 6 nitrogen and oxygen atoms in total. The van der Waals surface area contributed by atoms with Crippen LogP contribution in [0, 0.1) is 12.7 Å². The molecule has 1 atom stereocenters. The number of hydrogen-bond donors (Lipinski definition) is 0. The number of benzene rings is 2. The van der Waals surface area contributed by atoms with E-state index in [0.717, 1.165) is 17.5 Å². The molecule has 0 radical (unpaired) electrons. The van der Waals surface area contributed by atoms with Crippen LogP contribution in [0.1, 0.15) is 38.8 Å². The first kappa shape index (κ1) is 27.1. The average Bonchev–Trinajstić information content (AvgIpc) is 3.38. The summed E-state index contributed by atoms with van der Waals surface area (Å²) in [6.45, 7) is 3.23. The molecule has 4 rings (SSSR count). The van der Waals surface area contributed by atoms with Crippen LogP contribution in [0.3, 0.4) is 0 Å². The Morgan fingerprint density at radius 1 is 1.22 bits per heavy atom. The molecule has 0 N–H and O–H groups in total. The molecule has 1 aliphatic heterocycles. The first-order valence-electron chi connectivity index (χ1n) is 12.2. The van der Waals surface area contributed by atoms with Crippen LogP contribution < -0.4 is 4.74 Å². The van der Waals surface area contributed by atoms with Gasteiger partial charge in [-0.3, -0.25) is 9.59 Å². The van der Waals surface area contributed by atoms with Gasteiger partial charge in [0.2, 0.25) is 5.91 Å². The molecular weight excluding hydrogens is 515 g/mol. The predicted molar refractivity (Wildman–Crippen MR) is 143 cm³/mol. The van der Waals surface area contributed by atoms with Crippen molar-refractivity contribution < 1.29 is 23.5 Å². The maximum Gasteiger partial charge on any atom is 0.257 e. The lowest BCUT2D eigenvalue weighted by Crippen LogP contribution is -2.48. The highest BCUT2D eigenvalue weighted by Gasteiger charge is 2.34. The normalized spacial score (nSPS) is 14.8. The monoisotopic (exact) mass is 544 g/mol. The highest BCUT2D eigenvalue weighted by Crippen LogP contribution is 2.34. The zero-order valence-electron chi connectivity index (χ0n) is 20.9. The summed E-state index contributed by atoms with van der Waals surface area (Å²) in [4.78, 5) is 31.3. The zero-order valence-corrected chi connectivity index (χ0v) is 22.5. The molecule has 0 saturated carbocycles. The smallest absolute Gasteiger partial charge is 0.257 e. The highest BCUT2D eigenvalue weighted by molar-refractivity contribution is 7.10. The molecule has 0 fully saturated rings. The van der Waals surface area contributed by atoms with E-state index in [9.17, 15) is 14.0 Å². The third-order valence-electron chi connectivity index (χ3n) is 6.45. The molecule has 2 aromatic carbocycles. The second-order valence-corrected chi connectivity index (χ2v) is 10.3. The van der Waals surface area contributed by atoms with E-state index in [2.05, 4.69) is 0 Å². The van der Waals surface area contributed by atoms with Crippen LogP contribution in [0.25, 0.3) is 0 Å². The SMILES string of the molecule is COCCCN(CC(=O)N1CCc2sccc2[C@H]1COc1ccc(Cl)c(C)c1)C(=O)c1ccccc1F. The Morgan fingerprint density at radius 3 is 2.78 bits per heavy atom. The van der Waals surface area contributed by atoms with Crippen LogP contribution in [0.5, 0.6) is 5.75 Å². The minimum atomic E-state index is -0.609. The van der Waals surface area contributed by atoms with E-state index in [1.807, 2.05) is 30.5 Å². The summed E-state index contributed by atoms with van der Waals surface area (Å²) >= 11 is 7.82. The van der Waals surface area contributed by atoms with E-state index in [4.69, 9.17) is 21.1 Å². The lowest BCUT2D eigenvalue weighted by atomic mass is 10.00. The molecule has 196 valence electrons. The molecule has 0 bridgehead atoms. The molecule has 0 aliphatic carbocycles. The number of thiophene rings is 1. The van der Waals surface area contributed by atoms with Crippen molar-refractivity contribution in [3.05, 3.63) is 86.3 Å². The van der Waals surface area contributed by atoms with E-state index in [0.29, 0.717) is 30.3 Å². The summed E-state index contributed by atoms with van der Waals surface area (Å²) in [6.07, 6.45) is 1.27. The van der Waals surface area contributed by atoms with Crippen molar-refractivity contribution in [2.75, 3.05) is 40.0 Å². The summed E-state index contributed by atoms with van der Waals surface area (Å²) in [5.41, 5.74) is 1.91. The predicted octanol–water partition coefficient (Wildman–Crippen LogP) is 5.53. The van der Waals surface area contributed by atoms with Gasteiger partial charge in [-0.15, -0.1) is 11.3 Å². The number of nitrogens with zero attached hydrogens (tertiary/aromatic N) is 2. The van der Waals surface area contributed by atoms with Gasteiger partial charge in [0.05, 0.1) is 11.6 Å². The Bertz CT molecular complexity index is 1250. The molecule has 9 heteroatoms. The van der Waals surface area contributed by atoms with Gasteiger partial charge in [0.1, 0.15) is 24.7 Å². The zero-order chi connectivity index (χ0) is 26.4. The van der Waals surface area contributed by atoms with Gasteiger partial charge in [-0.2, -0.15) is 0 Å². The van der Waals surface area contributed by atoms with Gasteiger partial charge in [-0.25, -0.2) is 4.39 Å². The quantitative estimate of drug-likeness (QED) is 0.315. The Hall–Kier alpha value is -2.94. The van der Waals surface area contributed by atoms with Gasteiger partial charge in [-0.05, 0) is 72.7 Å². The first-order chi connectivity index (χ1) is 17.9. The number of aryl methyl sites for hydroxylation is 1. The van der Waals surface area contributed by atoms with Crippen LogP contribution in [0.2, 0.25) is 5.02 Å². The fourth-order valence-corrected chi connectivity index (χ4v) is 5.51. The number of amides is 2. The fourth-order valence-electron chi connectivity index (χ4n) is 4.47. The third kappa shape index (κ3) is 6.50. The highest BCUT2D eigenvalue weighted by atomic mass is 35.5. The second kappa shape index (κ2) is 12.5. The van der Waals surface area contributed by atoms with Crippen LogP contribution >= 0.6 is 22.9 Å². The topological polar surface area (TPSA) is 59.1 Å². The van der Waals surface area contributed by atoms with Crippen LogP contribution in [-0.4, -0.2) is 61.6 Å².